The van der Waals surface area contributed by atoms with E-state index in [1.54, 1.807) is 0 Å². The zero-order valence-corrected chi connectivity index (χ0v) is 20.3. The molecule has 0 saturated carbocycles. The number of unbranched alkanes of at least 4 members (excludes halogenated alkanes) is 1. The van der Waals surface area contributed by atoms with Crippen LogP contribution in [0.4, 0.5) is 5.69 Å². The SMILES string of the molecule is CCCCOC(=O)c1cc([N+](=O)[O-])c2c3ccc(C(=O)O)c4c(C(=O)O)ccc(c5ccc(C(=O)O)c1c52)c43. The van der Waals surface area contributed by atoms with E-state index in [4.69, 9.17) is 4.74 Å². The summed E-state index contributed by atoms with van der Waals surface area (Å²) in [4.78, 5) is 61.1. The van der Waals surface area contributed by atoms with Gasteiger partial charge in [0.15, 0.2) is 0 Å². The lowest BCUT2D eigenvalue weighted by Crippen LogP contribution is -2.11. The predicted molar refractivity (Wildman–Crippen MR) is 140 cm³/mol. The van der Waals surface area contributed by atoms with Crippen molar-refractivity contribution in [1.29, 1.82) is 0 Å². The van der Waals surface area contributed by atoms with Gasteiger partial charge in [-0.15, -0.1) is 0 Å². The van der Waals surface area contributed by atoms with Gasteiger partial charge in [0.1, 0.15) is 0 Å². The largest absolute Gasteiger partial charge is 0.478 e. The topological polar surface area (TPSA) is 181 Å². The molecule has 3 N–H and O–H groups in total. The summed E-state index contributed by atoms with van der Waals surface area (Å²) in [5.74, 6) is -5.07. The monoisotopic (exact) mass is 529 g/mol. The second kappa shape index (κ2) is 9.21. The van der Waals surface area contributed by atoms with Crippen LogP contribution in [-0.4, -0.2) is 50.7 Å². The van der Waals surface area contributed by atoms with Gasteiger partial charge in [0.2, 0.25) is 0 Å². The van der Waals surface area contributed by atoms with E-state index >= 15 is 0 Å². The Kier molecular flexibility index (Phi) is 5.98. The first-order chi connectivity index (χ1) is 18.6. The average Bonchev–Trinajstić information content (AvgIpc) is 2.89. The first-order valence-corrected chi connectivity index (χ1v) is 11.8. The highest BCUT2D eigenvalue weighted by Gasteiger charge is 2.30. The number of ether oxygens (including phenoxy) is 1. The Morgan fingerprint density at radius 3 is 1.69 bits per heavy atom. The normalized spacial score (nSPS) is 11.4. The fraction of sp³-hybridized carbons (Fsp3) is 0.143. The van der Waals surface area contributed by atoms with E-state index in [1.165, 1.54) is 30.3 Å². The van der Waals surface area contributed by atoms with Gasteiger partial charge in [-0.1, -0.05) is 31.5 Å². The first-order valence-electron chi connectivity index (χ1n) is 11.8. The van der Waals surface area contributed by atoms with Crippen molar-refractivity contribution in [2.45, 2.75) is 19.8 Å². The number of aromatic carboxylic acids is 3. The summed E-state index contributed by atoms with van der Waals surface area (Å²) in [7, 11) is 0. The number of carbonyl (C=O) groups excluding carboxylic acids is 1. The van der Waals surface area contributed by atoms with E-state index < -0.39 is 34.5 Å². The van der Waals surface area contributed by atoms with Crippen molar-refractivity contribution < 1.29 is 44.2 Å². The van der Waals surface area contributed by atoms with Crippen molar-refractivity contribution in [3.8, 4) is 0 Å². The fourth-order valence-electron chi connectivity index (χ4n) is 5.20. The van der Waals surface area contributed by atoms with Crippen LogP contribution in [0.3, 0.4) is 0 Å². The van der Waals surface area contributed by atoms with Gasteiger partial charge >= 0.3 is 23.9 Å². The van der Waals surface area contributed by atoms with E-state index in [0.29, 0.717) is 11.8 Å². The van der Waals surface area contributed by atoms with Crippen LogP contribution in [0.25, 0.3) is 43.1 Å². The van der Waals surface area contributed by atoms with Crippen molar-refractivity contribution in [1.82, 2.24) is 0 Å². The average molecular weight is 529 g/mol. The second-order valence-corrected chi connectivity index (χ2v) is 8.96. The Morgan fingerprint density at radius 1 is 0.718 bits per heavy atom. The molecule has 5 aromatic rings. The Morgan fingerprint density at radius 2 is 1.21 bits per heavy atom. The summed E-state index contributed by atoms with van der Waals surface area (Å²) in [6.45, 7) is 1.92. The molecule has 0 atom stereocenters. The van der Waals surface area contributed by atoms with Gasteiger partial charge in [-0.3, -0.25) is 10.1 Å². The van der Waals surface area contributed by atoms with Crippen LogP contribution >= 0.6 is 0 Å². The fourth-order valence-corrected chi connectivity index (χ4v) is 5.20. The quantitative estimate of drug-likeness (QED) is 0.0563. The van der Waals surface area contributed by atoms with Gasteiger partial charge in [-0.05, 0) is 46.2 Å². The third-order valence-corrected chi connectivity index (χ3v) is 6.82. The molecule has 0 aliphatic heterocycles. The maximum atomic E-state index is 13.1. The maximum Gasteiger partial charge on any atom is 0.339 e. The molecule has 0 fully saturated rings. The van der Waals surface area contributed by atoms with Gasteiger partial charge in [-0.25, -0.2) is 19.2 Å². The number of nitro groups is 1. The highest BCUT2D eigenvalue weighted by Crippen LogP contribution is 2.47. The molecule has 196 valence electrons. The van der Waals surface area contributed by atoms with Crippen molar-refractivity contribution in [2.75, 3.05) is 6.61 Å². The molecule has 5 rings (SSSR count). The summed E-state index contributed by atoms with van der Waals surface area (Å²) in [6, 6.07) is 8.79. The number of carbonyl (C=O) groups is 4. The molecule has 0 radical (unpaired) electrons. The molecule has 0 aromatic heterocycles. The summed E-state index contributed by atoms with van der Waals surface area (Å²) in [6.07, 6.45) is 1.25. The summed E-state index contributed by atoms with van der Waals surface area (Å²) in [5, 5.41) is 42.8. The highest BCUT2D eigenvalue weighted by atomic mass is 16.6. The number of hydrogen-bond acceptors (Lipinski definition) is 7. The summed E-state index contributed by atoms with van der Waals surface area (Å²) >= 11 is 0. The van der Waals surface area contributed by atoms with Crippen LogP contribution < -0.4 is 0 Å². The molecule has 11 nitrogen and oxygen atoms in total. The molecule has 11 heteroatoms. The highest BCUT2D eigenvalue weighted by molar-refractivity contribution is 6.39. The maximum absolute atomic E-state index is 13.1. The third-order valence-electron chi connectivity index (χ3n) is 6.82. The van der Waals surface area contributed by atoms with Crippen LogP contribution in [-0.2, 0) is 4.74 Å². The van der Waals surface area contributed by atoms with Gasteiger partial charge in [0.25, 0.3) is 5.69 Å². The Bertz CT molecular complexity index is 1890. The van der Waals surface area contributed by atoms with Crippen LogP contribution in [0.2, 0.25) is 0 Å². The molecule has 0 amide bonds. The lowest BCUT2D eigenvalue weighted by Gasteiger charge is -2.19. The van der Waals surface area contributed by atoms with E-state index in [1.807, 2.05) is 6.92 Å². The van der Waals surface area contributed by atoms with Gasteiger partial charge < -0.3 is 20.1 Å². The van der Waals surface area contributed by atoms with E-state index in [9.17, 15) is 44.6 Å². The number of non-ortho nitro benzene ring substituents is 1. The minimum Gasteiger partial charge on any atom is -0.478 e. The number of rotatable bonds is 8. The molecule has 0 bridgehead atoms. The minimum atomic E-state index is -1.39. The van der Waals surface area contributed by atoms with Crippen LogP contribution in [0.1, 0.15) is 61.2 Å². The molecular formula is C28H19NO10. The standard InChI is InChI=1S/C28H19NO10/c1-2-3-10-39-28(36)18-11-19(29(37)38)23-14-6-9-16(26(32)33)21-15(25(30)31)7-4-12(20(14)21)13-5-8-17(27(34)35)22(18)24(13)23/h4-9,11H,2-3,10H2,1H3,(H,30,31)(H,32,33)(H,34,35). The predicted octanol–water partition coefficient (Wildman–Crippen LogP) is 5.70. The molecule has 5 aromatic carbocycles. The Balaban J connectivity index is 2.09. The minimum absolute atomic E-state index is 0.0343. The van der Waals surface area contributed by atoms with Crippen molar-refractivity contribution in [3.63, 3.8) is 0 Å². The number of esters is 1. The molecule has 0 saturated heterocycles. The number of fused-ring (bicyclic) bond motifs is 2. The lowest BCUT2D eigenvalue weighted by molar-refractivity contribution is -0.383. The summed E-state index contributed by atoms with van der Waals surface area (Å²) in [5.41, 5.74) is -1.73. The Hall–Kier alpha value is -5.32. The number of carboxylic acid groups (broad SMARTS) is 3. The van der Waals surface area contributed by atoms with Crippen LogP contribution in [0.5, 0.6) is 0 Å². The second-order valence-electron chi connectivity index (χ2n) is 8.96. The van der Waals surface area contributed by atoms with Gasteiger partial charge in [0, 0.05) is 22.2 Å². The number of nitro benzene ring substituents is 1. The molecule has 0 unspecified atom stereocenters. The molecular weight excluding hydrogens is 510 g/mol. The first kappa shape index (κ1) is 25.3. The van der Waals surface area contributed by atoms with E-state index in [2.05, 4.69) is 0 Å². The Labute approximate surface area is 218 Å². The van der Waals surface area contributed by atoms with Crippen LogP contribution in [0, 0.1) is 10.1 Å². The number of nitrogens with zero attached hydrogens (tertiary/aromatic N) is 1. The molecule has 0 spiro atoms. The smallest absolute Gasteiger partial charge is 0.339 e. The lowest BCUT2D eigenvalue weighted by atomic mass is 9.83. The van der Waals surface area contributed by atoms with Crippen molar-refractivity contribution in [2.24, 2.45) is 0 Å². The van der Waals surface area contributed by atoms with E-state index in [-0.39, 0.29) is 66.6 Å². The van der Waals surface area contributed by atoms with Gasteiger partial charge in [-0.2, -0.15) is 0 Å². The third kappa shape index (κ3) is 3.74. The van der Waals surface area contributed by atoms with E-state index in [0.717, 1.165) is 18.6 Å². The molecule has 0 aliphatic rings. The van der Waals surface area contributed by atoms with Crippen molar-refractivity contribution >= 4 is 72.7 Å². The van der Waals surface area contributed by atoms with Crippen LogP contribution in [0.15, 0.2) is 42.5 Å². The number of hydrogen-bond donors (Lipinski definition) is 3. The number of carboxylic acids is 3. The summed E-state index contributed by atoms with van der Waals surface area (Å²) < 4.78 is 5.30. The zero-order valence-electron chi connectivity index (χ0n) is 20.3. The molecule has 39 heavy (non-hydrogen) atoms. The molecule has 0 heterocycles. The molecule has 0 aliphatic carbocycles. The van der Waals surface area contributed by atoms with Crippen molar-refractivity contribution in [3.05, 3.63) is 74.8 Å². The number of benzene rings is 5. The van der Waals surface area contributed by atoms with Gasteiger partial charge in [0.05, 0.1) is 39.2 Å². The zero-order chi connectivity index (χ0) is 28.2.